The predicted octanol–water partition coefficient (Wildman–Crippen LogP) is 2.25. The first-order valence-corrected chi connectivity index (χ1v) is 8.02. The summed E-state index contributed by atoms with van der Waals surface area (Å²) in [5.41, 5.74) is 2.38. The Kier molecular flexibility index (Phi) is 4.59. The number of aryl methyl sites for hydroxylation is 1. The molecule has 0 saturated carbocycles. The molecule has 0 saturated heterocycles. The van der Waals surface area contributed by atoms with Crippen molar-refractivity contribution in [3.05, 3.63) is 53.9 Å². The molecule has 0 radical (unpaired) electrons. The number of nitrogens with zero attached hydrogens (tertiary/aromatic N) is 2. The number of hydrogen-bond donors (Lipinski definition) is 1. The van der Waals surface area contributed by atoms with Crippen LogP contribution in [0.15, 0.2) is 47.5 Å². The average molecular weight is 305 g/mol. The summed E-state index contributed by atoms with van der Waals surface area (Å²) in [5, 5.41) is 3.19. The predicted molar refractivity (Wildman–Crippen MR) is 83.6 cm³/mol. The zero-order valence-corrected chi connectivity index (χ0v) is 13.2. The molecule has 1 heterocycles. The zero-order valence-electron chi connectivity index (χ0n) is 12.4. The Balaban J connectivity index is 2.23. The summed E-state index contributed by atoms with van der Waals surface area (Å²) in [4.78, 5) is 4.54. The van der Waals surface area contributed by atoms with Crippen LogP contribution in [0.2, 0.25) is 0 Å². The molecule has 0 spiro atoms. The van der Waals surface area contributed by atoms with E-state index < -0.39 is 10.0 Å². The molecule has 0 atom stereocenters. The Morgan fingerprint density at radius 2 is 1.95 bits per heavy atom. The molecule has 0 fully saturated rings. The summed E-state index contributed by atoms with van der Waals surface area (Å²) in [6, 6.07) is 11.0. The van der Waals surface area contributed by atoms with Gasteiger partial charge in [-0.3, -0.25) is 4.98 Å². The molecule has 0 aliphatic heterocycles. The van der Waals surface area contributed by atoms with Gasteiger partial charge in [-0.1, -0.05) is 12.1 Å². The van der Waals surface area contributed by atoms with E-state index in [2.05, 4.69) is 10.3 Å². The Morgan fingerprint density at radius 3 is 2.57 bits per heavy atom. The molecule has 1 aromatic carbocycles. The van der Waals surface area contributed by atoms with Gasteiger partial charge in [-0.2, -0.15) is 0 Å². The van der Waals surface area contributed by atoms with Crippen LogP contribution in [-0.4, -0.2) is 31.8 Å². The standard InChI is InChI=1S/C15H19N3O2S/c1-12-7-8-13(10-15(12)21(19,20)18(2)3)17-11-14-6-4-5-9-16-14/h4-10,17H,11H2,1-3H3. The SMILES string of the molecule is Cc1ccc(NCc2ccccn2)cc1S(=O)(=O)N(C)C. The van der Waals surface area contributed by atoms with Gasteiger partial charge in [-0.25, -0.2) is 12.7 Å². The second kappa shape index (κ2) is 6.24. The van der Waals surface area contributed by atoms with Crippen molar-refractivity contribution < 1.29 is 8.42 Å². The molecule has 2 aromatic rings. The van der Waals surface area contributed by atoms with Crippen molar-refractivity contribution in [1.82, 2.24) is 9.29 Å². The molecule has 112 valence electrons. The summed E-state index contributed by atoms with van der Waals surface area (Å²) >= 11 is 0. The van der Waals surface area contributed by atoms with Gasteiger partial charge in [-0.05, 0) is 36.8 Å². The number of benzene rings is 1. The highest BCUT2D eigenvalue weighted by Gasteiger charge is 2.19. The minimum atomic E-state index is -3.44. The third-order valence-corrected chi connectivity index (χ3v) is 5.10. The summed E-state index contributed by atoms with van der Waals surface area (Å²) in [7, 11) is -0.374. The molecule has 0 unspecified atom stereocenters. The summed E-state index contributed by atoms with van der Waals surface area (Å²) in [5.74, 6) is 0. The van der Waals surface area contributed by atoms with Crippen molar-refractivity contribution in [2.45, 2.75) is 18.4 Å². The molecule has 21 heavy (non-hydrogen) atoms. The first-order chi connectivity index (χ1) is 9.91. The van der Waals surface area contributed by atoms with Crippen LogP contribution >= 0.6 is 0 Å². The quantitative estimate of drug-likeness (QED) is 0.920. The third-order valence-electron chi connectivity index (χ3n) is 3.15. The number of hydrogen-bond acceptors (Lipinski definition) is 4. The van der Waals surface area contributed by atoms with Crippen LogP contribution in [0, 0.1) is 6.92 Å². The largest absolute Gasteiger partial charge is 0.379 e. The van der Waals surface area contributed by atoms with Crippen LogP contribution in [0.4, 0.5) is 5.69 Å². The van der Waals surface area contributed by atoms with E-state index in [9.17, 15) is 8.42 Å². The first kappa shape index (κ1) is 15.5. The maximum absolute atomic E-state index is 12.3. The summed E-state index contributed by atoms with van der Waals surface area (Å²) in [6.45, 7) is 2.34. The van der Waals surface area contributed by atoms with Crippen LogP contribution in [0.25, 0.3) is 0 Å². The van der Waals surface area contributed by atoms with Crippen LogP contribution in [0.5, 0.6) is 0 Å². The molecule has 0 amide bonds. The highest BCUT2D eigenvalue weighted by atomic mass is 32.2. The fraction of sp³-hybridized carbons (Fsp3) is 0.267. The number of pyridine rings is 1. The van der Waals surface area contributed by atoms with E-state index in [1.54, 1.807) is 25.3 Å². The number of aromatic nitrogens is 1. The lowest BCUT2D eigenvalue weighted by Crippen LogP contribution is -2.23. The van der Waals surface area contributed by atoms with Gasteiger partial charge in [0, 0.05) is 26.0 Å². The topological polar surface area (TPSA) is 62.3 Å². The van der Waals surface area contributed by atoms with E-state index in [0.29, 0.717) is 11.4 Å². The molecule has 2 rings (SSSR count). The molecule has 5 nitrogen and oxygen atoms in total. The van der Waals surface area contributed by atoms with Crippen molar-refractivity contribution in [2.24, 2.45) is 0 Å². The van der Waals surface area contributed by atoms with Crippen LogP contribution in [0.3, 0.4) is 0 Å². The van der Waals surface area contributed by atoms with E-state index in [4.69, 9.17) is 0 Å². The van der Waals surface area contributed by atoms with Crippen molar-refractivity contribution >= 4 is 15.7 Å². The van der Waals surface area contributed by atoms with Gasteiger partial charge < -0.3 is 5.32 Å². The number of rotatable bonds is 5. The molecule has 0 aliphatic carbocycles. The Labute approximate surface area is 125 Å². The Morgan fingerprint density at radius 1 is 1.19 bits per heavy atom. The van der Waals surface area contributed by atoms with Crippen LogP contribution < -0.4 is 5.32 Å². The summed E-state index contributed by atoms with van der Waals surface area (Å²) < 4.78 is 25.8. The second-order valence-electron chi connectivity index (χ2n) is 4.94. The van der Waals surface area contributed by atoms with Gasteiger partial charge in [-0.15, -0.1) is 0 Å². The van der Waals surface area contributed by atoms with E-state index >= 15 is 0 Å². The van der Waals surface area contributed by atoms with Crippen LogP contribution in [-0.2, 0) is 16.6 Å². The van der Waals surface area contributed by atoms with E-state index in [1.807, 2.05) is 24.3 Å². The lowest BCUT2D eigenvalue weighted by atomic mass is 10.2. The molecule has 1 N–H and O–H groups in total. The molecular formula is C15H19N3O2S. The molecule has 1 aromatic heterocycles. The average Bonchev–Trinajstić information content (AvgIpc) is 2.47. The smallest absolute Gasteiger partial charge is 0.242 e. The minimum absolute atomic E-state index is 0.318. The fourth-order valence-corrected chi connectivity index (χ4v) is 3.02. The molecular weight excluding hydrogens is 286 g/mol. The highest BCUT2D eigenvalue weighted by molar-refractivity contribution is 7.89. The zero-order chi connectivity index (χ0) is 15.5. The maximum atomic E-state index is 12.3. The fourth-order valence-electron chi connectivity index (χ4n) is 1.88. The second-order valence-corrected chi connectivity index (χ2v) is 7.06. The number of sulfonamides is 1. The van der Waals surface area contributed by atoms with Crippen molar-refractivity contribution in [3.8, 4) is 0 Å². The molecule has 0 bridgehead atoms. The van der Waals surface area contributed by atoms with Gasteiger partial charge in [0.2, 0.25) is 10.0 Å². The lowest BCUT2D eigenvalue weighted by Gasteiger charge is -2.15. The van der Waals surface area contributed by atoms with Crippen molar-refractivity contribution in [3.63, 3.8) is 0 Å². The van der Waals surface area contributed by atoms with Crippen LogP contribution in [0.1, 0.15) is 11.3 Å². The van der Waals surface area contributed by atoms with Gasteiger partial charge in [0.1, 0.15) is 0 Å². The Bertz CT molecular complexity index is 713. The maximum Gasteiger partial charge on any atom is 0.242 e. The third kappa shape index (κ3) is 3.59. The van der Waals surface area contributed by atoms with Crippen molar-refractivity contribution in [1.29, 1.82) is 0 Å². The lowest BCUT2D eigenvalue weighted by molar-refractivity contribution is 0.520. The Hall–Kier alpha value is -1.92. The monoisotopic (exact) mass is 305 g/mol. The van der Waals surface area contributed by atoms with E-state index in [0.717, 1.165) is 16.9 Å². The van der Waals surface area contributed by atoms with E-state index in [-0.39, 0.29) is 0 Å². The molecule has 0 aliphatic rings. The van der Waals surface area contributed by atoms with Gasteiger partial charge in [0.25, 0.3) is 0 Å². The van der Waals surface area contributed by atoms with Crippen molar-refractivity contribution in [2.75, 3.05) is 19.4 Å². The normalized spacial score (nSPS) is 11.6. The number of nitrogens with one attached hydrogen (secondary N) is 1. The molecule has 6 heteroatoms. The minimum Gasteiger partial charge on any atom is -0.379 e. The summed E-state index contributed by atoms with van der Waals surface area (Å²) in [6.07, 6.45) is 1.73. The number of anilines is 1. The van der Waals surface area contributed by atoms with Gasteiger partial charge >= 0.3 is 0 Å². The van der Waals surface area contributed by atoms with Gasteiger partial charge in [0.15, 0.2) is 0 Å². The van der Waals surface area contributed by atoms with Gasteiger partial charge in [0.05, 0.1) is 17.1 Å². The highest BCUT2D eigenvalue weighted by Crippen LogP contribution is 2.22. The van der Waals surface area contributed by atoms with E-state index in [1.165, 1.54) is 18.4 Å². The first-order valence-electron chi connectivity index (χ1n) is 6.58.